The number of aromatic nitrogens is 2. The molecule has 2 rings (SSSR count). The van der Waals surface area contributed by atoms with Crippen LogP contribution in [0.15, 0.2) is 27.8 Å². The van der Waals surface area contributed by atoms with Crippen molar-refractivity contribution in [2.24, 2.45) is 0 Å². The number of H-pyrrole nitrogens is 1. The van der Waals surface area contributed by atoms with Crippen LogP contribution >= 0.6 is 11.6 Å². The molecule has 0 bridgehead atoms. The Bertz CT molecular complexity index is 724. The Morgan fingerprint density at radius 1 is 1.16 bits per heavy atom. The van der Waals surface area contributed by atoms with E-state index in [1.807, 2.05) is 26.8 Å². The summed E-state index contributed by atoms with van der Waals surface area (Å²) < 4.78 is 1.13. The molecule has 0 amide bonds. The first-order chi connectivity index (χ1) is 8.93. The number of rotatable bonds is 2. The summed E-state index contributed by atoms with van der Waals surface area (Å²) in [6.07, 6.45) is 0.471. The highest BCUT2D eigenvalue weighted by molar-refractivity contribution is 6.30. The maximum Gasteiger partial charge on any atom is 0.334 e. The van der Waals surface area contributed by atoms with Crippen molar-refractivity contribution in [3.05, 3.63) is 60.9 Å². The molecule has 0 aliphatic heterocycles. The van der Waals surface area contributed by atoms with Gasteiger partial charge < -0.3 is 0 Å². The van der Waals surface area contributed by atoms with Crippen molar-refractivity contribution in [3.63, 3.8) is 0 Å². The zero-order chi connectivity index (χ0) is 14.2. The topological polar surface area (TPSA) is 54.9 Å². The quantitative estimate of drug-likeness (QED) is 0.858. The van der Waals surface area contributed by atoms with Crippen LogP contribution < -0.4 is 11.2 Å². The second-order valence-electron chi connectivity index (χ2n) is 4.56. The molecule has 0 saturated carbocycles. The maximum absolute atomic E-state index is 12.3. The molecule has 1 N–H and O–H groups in total. The van der Waals surface area contributed by atoms with Gasteiger partial charge in [0.25, 0.3) is 5.56 Å². The third kappa shape index (κ3) is 2.49. The number of aromatic amines is 1. The second kappa shape index (κ2) is 5.05. The Labute approximate surface area is 115 Å². The van der Waals surface area contributed by atoms with E-state index in [-0.39, 0.29) is 10.7 Å². The fraction of sp³-hybridized carbons (Fsp3) is 0.286. The Hall–Kier alpha value is -1.81. The van der Waals surface area contributed by atoms with Gasteiger partial charge in [-0.05, 0) is 43.5 Å². The van der Waals surface area contributed by atoms with Crippen LogP contribution in [0.5, 0.6) is 0 Å². The van der Waals surface area contributed by atoms with Crippen LogP contribution in [0.3, 0.4) is 0 Å². The molecule has 0 unspecified atom stereocenters. The lowest BCUT2D eigenvalue weighted by Gasteiger charge is -2.09. The normalized spacial score (nSPS) is 10.7. The molecule has 0 spiro atoms. The number of nitrogens with one attached hydrogen (secondary N) is 1. The predicted octanol–water partition coefficient (Wildman–Crippen LogP) is 2.36. The van der Waals surface area contributed by atoms with Gasteiger partial charge in [0.05, 0.1) is 11.3 Å². The summed E-state index contributed by atoms with van der Waals surface area (Å²) in [4.78, 5) is 26.8. The summed E-state index contributed by atoms with van der Waals surface area (Å²) >= 11 is 5.89. The molecule has 1 heterocycles. The lowest BCUT2D eigenvalue weighted by atomic mass is 10.1. The van der Waals surface area contributed by atoms with Gasteiger partial charge in [0.15, 0.2) is 0 Å². The van der Waals surface area contributed by atoms with Gasteiger partial charge in [-0.15, -0.1) is 0 Å². The number of aryl methyl sites for hydroxylation is 2. The standard InChI is InChI=1S/C14H15ClN2O2/c1-4-11-12(15)16-14(19)17(13(11)18)10-6-8(2)5-9(3)7-10/h5-7H,4H2,1-3H3,(H,16,19). The molecule has 19 heavy (non-hydrogen) atoms. The van der Waals surface area contributed by atoms with Crippen LogP contribution in [0.2, 0.25) is 5.15 Å². The van der Waals surface area contributed by atoms with Crippen LogP contribution in [-0.4, -0.2) is 9.55 Å². The van der Waals surface area contributed by atoms with Crippen molar-refractivity contribution >= 4 is 11.6 Å². The average Bonchev–Trinajstić information content (AvgIpc) is 2.27. The molecule has 0 aliphatic rings. The summed E-state index contributed by atoms with van der Waals surface area (Å²) in [5, 5.41) is 0.123. The monoisotopic (exact) mass is 278 g/mol. The zero-order valence-electron chi connectivity index (χ0n) is 11.1. The van der Waals surface area contributed by atoms with E-state index in [2.05, 4.69) is 4.98 Å². The van der Waals surface area contributed by atoms with Gasteiger partial charge in [-0.1, -0.05) is 24.6 Å². The number of hydrogen-bond donors (Lipinski definition) is 1. The van der Waals surface area contributed by atoms with E-state index < -0.39 is 5.69 Å². The van der Waals surface area contributed by atoms with E-state index in [4.69, 9.17) is 11.6 Å². The predicted molar refractivity (Wildman–Crippen MR) is 76.5 cm³/mol. The smallest absolute Gasteiger partial charge is 0.297 e. The summed E-state index contributed by atoms with van der Waals surface area (Å²) in [6.45, 7) is 5.67. The molecule has 0 atom stereocenters. The molecule has 0 saturated heterocycles. The Balaban J connectivity index is 2.83. The first kappa shape index (κ1) is 13.6. The van der Waals surface area contributed by atoms with E-state index in [0.717, 1.165) is 15.7 Å². The van der Waals surface area contributed by atoms with Gasteiger partial charge in [0.2, 0.25) is 0 Å². The number of nitrogens with zero attached hydrogens (tertiary/aromatic N) is 1. The third-order valence-corrected chi connectivity index (χ3v) is 3.29. The number of hydrogen-bond acceptors (Lipinski definition) is 2. The molecule has 1 aromatic heterocycles. The lowest BCUT2D eigenvalue weighted by Crippen LogP contribution is -2.36. The third-order valence-electron chi connectivity index (χ3n) is 2.96. The minimum atomic E-state index is -0.516. The van der Waals surface area contributed by atoms with Crippen molar-refractivity contribution in [2.75, 3.05) is 0 Å². The Kier molecular flexibility index (Phi) is 3.62. The molecule has 0 aliphatic carbocycles. The molecule has 1 aromatic carbocycles. The summed E-state index contributed by atoms with van der Waals surface area (Å²) in [7, 11) is 0. The van der Waals surface area contributed by atoms with Crippen molar-refractivity contribution < 1.29 is 0 Å². The molecule has 100 valence electrons. The van der Waals surface area contributed by atoms with Crippen LogP contribution in [0, 0.1) is 13.8 Å². The van der Waals surface area contributed by atoms with Crippen LogP contribution in [-0.2, 0) is 6.42 Å². The van der Waals surface area contributed by atoms with Crippen molar-refractivity contribution in [2.45, 2.75) is 27.2 Å². The highest BCUT2D eigenvalue weighted by Crippen LogP contribution is 2.12. The van der Waals surface area contributed by atoms with Gasteiger partial charge in [0, 0.05) is 0 Å². The zero-order valence-corrected chi connectivity index (χ0v) is 11.8. The van der Waals surface area contributed by atoms with Gasteiger partial charge in [-0.2, -0.15) is 0 Å². The minimum Gasteiger partial charge on any atom is -0.297 e. The lowest BCUT2D eigenvalue weighted by molar-refractivity contribution is 0.840. The average molecular weight is 279 g/mol. The molecule has 2 aromatic rings. The van der Waals surface area contributed by atoms with Crippen LogP contribution in [0.25, 0.3) is 5.69 Å². The van der Waals surface area contributed by atoms with E-state index in [1.54, 1.807) is 12.1 Å². The second-order valence-corrected chi connectivity index (χ2v) is 4.94. The SMILES string of the molecule is CCc1c(Cl)[nH]c(=O)n(-c2cc(C)cc(C)c2)c1=O. The van der Waals surface area contributed by atoms with Crippen LogP contribution in [0.4, 0.5) is 0 Å². The first-order valence-electron chi connectivity index (χ1n) is 6.06. The van der Waals surface area contributed by atoms with Crippen molar-refractivity contribution in [1.29, 1.82) is 0 Å². The molecule has 0 fully saturated rings. The van der Waals surface area contributed by atoms with Gasteiger partial charge >= 0.3 is 5.69 Å². The van der Waals surface area contributed by atoms with E-state index in [9.17, 15) is 9.59 Å². The summed E-state index contributed by atoms with van der Waals surface area (Å²) in [6, 6.07) is 5.59. The van der Waals surface area contributed by atoms with Crippen molar-refractivity contribution in [1.82, 2.24) is 9.55 Å². The van der Waals surface area contributed by atoms with Gasteiger partial charge in [-0.25, -0.2) is 9.36 Å². The number of benzene rings is 1. The maximum atomic E-state index is 12.3. The minimum absolute atomic E-state index is 0.123. The van der Waals surface area contributed by atoms with Crippen molar-refractivity contribution in [3.8, 4) is 5.69 Å². The fourth-order valence-corrected chi connectivity index (χ4v) is 2.46. The molecule has 0 radical (unpaired) electrons. The Morgan fingerprint density at radius 2 is 1.74 bits per heavy atom. The largest absolute Gasteiger partial charge is 0.334 e. The highest BCUT2D eigenvalue weighted by atomic mass is 35.5. The summed E-state index contributed by atoms with van der Waals surface area (Å²) in [5.74, 6) is 0. The van der Waals surface area contributed by atoms with Gasteiger partial charge in [0.1, 0.15) is 5.15 Å². The summed E-state index contributed by atoms with van der Waals surface area (Å²) in [5.41, 5.74) is 2.09. The molecular formula is C14H15ClN2O2. The molecule has 5 heteroatoms. The molecular weight excluding hydrogens is 264 g/mol. The Morgan fingerprint density at radius 3 is 2.26 bits per heavy atom. The van der Waals surface area contributed by atoms with Crippen LogP contribution in [0.1, 0.15) is 23.6 Å². The number of halogens is 1. The highest BCUT2D eigenvalue weighted by Gasteiger charge is 2.12. The van der Waals surface area contributed by atoms with Gasteiger partial charge in [-0.3, -0.25) is 9.78 Å². The van der Waals surface area contributed by atoms with E-state index in [0.29, 0.717) is 17.7 Å². The van der Waals surface area contributed by atoms with E-state index >= 15 is 0 Å². The fourth-order valence-electron chi connectivity index (χ4n) is 2.17. The first-order valence-corrected chi connectivity index (χ1v) is 6.44. The molecule has 4 nitrogen and oxygen atoms in total. The van der Waals surface area contributed by atoms with E-state index in [1.165, 1.54) is 0 Å².